The summed E-state index contributed by atoms with van der Waals surface area (Å²) < 4.78 is 0. The zero-order valence-corrected chi connectivity index (χ0v) is 18.0. The standard InChI is InChI=1S/C25H23N3O5/c1-2-22-24(29)16-23(17-8-6-12-20(14-17)27(30)31)26(19-10-4-3-5-11-19)25(22)18-9-7-13-21(15-18)28(32)33/h3-15,22-23,25H,2,16H2,1H3/t22-,23+,25+/m0/s1. The van der Waals surface area contributed by atoms with E-state index in [9.17, 15) is 25.0 Å². The van der Waals surface area contributed by atoms with Crippen LogP contribution in [0.4, 0.5) is 17.1 Å². The van der Waals surface area contributed by atoms with Gasteiger partial charge in [-0.3, -0.25) is 25.0 Å². The van der Waals surface area contributed by atoms with E-state index in [2.05, 4.69) is 4.90 Å². The number of Topliss-reactive ketones (excluding diaryl/α,β-unsaturated/α-hetero) is 1. The van der Waals surface area contributed by atoms with Gasteiger partial charge >= 0.3 is 0 Å². The fourth-order valence-corrected chi connectivity index (χ4v) is 4.74. The van der Waals surface area contributed by atoms with Crippen LogP contribution < -0.4 is 4.90 Å². The maximum atomic E-state index is 13.3. The fourth-order valence-electron chi connectivity index (χ4n) is 4.74. The molecule has 1 heterocycles. The molecular formula is C25H23N3O5. The highest BCUT2D eigenvalue weighted by Gasteiger charge is 2.43. The number of nitro benzene ring substituents is 2. The van der Waals surface area contributed by atoms with Gasteiger partial charge in [-0.05, 0) is 29.7 Å². The molecule has 33 heavy (non-hydrogen) atoms. The molecule has 3 atom stereocenters. The predicted octanol–water partition coefficient (Wildman–Crippen LogP) is 5.79. The SMILES string of the molecule is CC[C@H]1C(=O)C[C@H](c2cccc([N+](=O)[O-])c2)N(c2ccccc2)[C@@H]1c1cccc([N+](=O)[O-])c1. The highest BCUT2D eigenvalue weighted by molar-refractivity contribution is 5.86. The quantitative estimate of drug-likeness (QED) is 0.351. The van der Waals surface area contributed by atoms with Gasteiger partial charge < -0.3 is 4.90 Å². The number of carbonyl (C=O) groups is 1. The fraction of sp³-hybridized carbons (Fsp3) is 0.240. The molecule has 0 radical (unpaired) electrons. The third-order valence-corrected chi connectivity index (χ3v) is 6.21. The summed E-state index contributed by atoms with van der Waals surface area (Å²) >= 11 is 0. The summed E-state index contributed by atoms with van der Waals surface area (Å²) in [6.07, 6.45) is 0.761. The van der Waals surface area contributed by atoms with Gasteiger partial charge in [0, 0.05) is 42.3 Å². The number of benzene rings is 3. The molecule has 0 bridgehead atoms. The Morgan fingerprint density at radius 2 is 1.42 bits per heavy atom. The summed E-state index contributed by atoms with van der Waals surface area (Å²) in [7, 11) is 0. The van der Waals surface area contributed by atoms with Crippen molar-refractivity contribution in [2.45, 2.75) is 31.8 Å². The Balaban J connectivity index is 1.92. The highest BCUT2D eigenvalue weighted by Crippen LogP contribution is 2.47. The summed E-state index contributed by atoms with van der Waals surface area (Å²) in [6, 6.07) is 21.3. The number of rotatable bonds is 6. The summed E-state index contributed by atoms with van der Waals surface area (Å²) in [5.74, 6) is -0.333. The van der Waals surface area contributed by atoms with E-state index in [1.54, 1.807) is 24.3 Å². The minimum absolute atomic E-state index is 0.0395. The molecule has 1 fully saturated rings. The molecule has 4 rings (SSSR count). The first kappa shape index (κ1) is 22.1. The number of piperidine rings is 1. The van der Waals surface area contributed by atoms with Gasteiger partial charge in [-0.2, -0.15) is 0 Å². The molecule has 1 saturated heterocycles. The first-order chi connectivity index (χ1) is 15.9. The first-order valence-corrected chi connectivity index (χ1v) is 10.8. The van der Waals surface area contributed by atoms with Crippen LogP contribution in [0.2, 0.25) is 0 Å². The van der Waals surface area contributed by atoms with Gasteiger partial charge in [-0.1, -0.05) is 49.4 Å². The van der Waals surface area contributed by atoms with Crippen molar-refractivity contribution in [1.82, 2.24) is 0 Å². The summed E-state index contributed by atoms with van der Waals surface area (Å²) in [5, 5.41) is 22.8. The number of para-hydroxylation sites is 1. The van der Waals surface area contributed by atoms with Gasteiger partial charge in [-0.15, -0.1) is 0 Å². The van der Waals surface area contributed by atoms with Crippen molar-refractivity contribution in [3.63, 3.8) is 0 Å². The lowest BCUT2D eigenvalue weighted by Crippen LogP contribution is -2.45. The molecule has 0 N–H and O–H groups in total. The number of ketones is 1. The minimum atomic E-state index is -0.456. The third kappa shape index (κ3) is 4.32. The van der Waals surface area contributed by atoms with Crippen molar-refractivity contribution in [3.8, 4) is 0 Å². The van der Waals surface area contributed by atoms with Crippen LogP contribution >= 0.6 is 0 Å². The van der Waals surface area contributed by atoms with E-state index in [1.165, 1.54) is 24.3 Å². The monoisotopic (exact) mass is 445 g/mol. The third-order valence-electron chi connectivity index (χ3n) is 6.21. The molecule has 3 aromatic rings. The molecule has 3 aromatic carbocycles. The van der Waals surface area contributed by atoms with E-state index in [4.69, 9.17) is 0 Å². The molecular weight excluding hydrogens is 422 g/mol. The molecule has 8 heteroatoms. The summed E-state index contributed by atoms with van der Waals surface area (Å²) in [6.45, 7) is 1.93. The average molecular weight is 445 g/mol. The Hall–Kier alpha value is -4.07. The normalized spacial score (nSPS) is 20.5. The molecule has 8 nitrogen and oxygen atoms in total. The van der Waals surface area contributed by atoms with Crippen LogP contribution in [0.15, 0.2) is 78.9 Å². The van der Waals surface area contributed by atoms with Gasteiger partial charge in [0.1, 0.15) is 5.78 Å². The lowest BCUT2D eigenvalue weighted by molar-refractivity contribution is -0.385. The van der Waals surface area contributed by atoms with E-state index in [0.29, 0.717) is 17.5 Å². The Morgan fingerprint density at radius 3 is 2.00 bits per heavy atom. The number of hydrogen-bond donors (Lipinski definition) is 0. The second kappa shape index (κ2) is 9.20. The number of nitro groups is 2. The van der Waals surface area contributed by atoms with E-state index in [-0.39, 0.29) is 29.5 Å². The number of non-ortho nitro benzene ring substituents is 2. The molecule has 168 valence electrons. The summed E-state index contributed by atoms with van der Waals surface area (Å²) in [4.78, 5) is 37.4. The maximum Gasteiger partial charge on any atom is 0.269 e. The second-order valence-electron chi connectivity index (χ2n) is 8.09. The van der Waals surface area contributed by atoms with E-state index in [0.717, 1.165) is 5.69 Å². The number of anilines is 1. The van der Waals surface area contributed by atoms with Gasteiger partial charge in [0.05, 0.1) is 21.9 Å². The Bertz CT molecular complexity index is 1200. The van der Waals surface area contributed by atoms with Crippen LogP contribution in [-0.2, 0) is 4.79 Å². The van der Waals surface area contributed by atoms with Gasteiger partial charge in [-0.25, -0.2) is 0 Å². The van der Waals surface area contributed by atoms with Crippen molar-refractivity contribution in [3.05, 3.63) is 110 Å². The number of nitrogens with zero attached hydrogens (tertiary/aromatic N) is 3. The number of hydrogen-bond acceptors (Lipinski definition) is 6. The van der Waals surface area contributed by atoms with Crippen molar-refractivity contribution in [2.24, 2.45) is 5.92 Å². The van der Waals surface area contributed by atoms with E-state index >= 15 is 0 Å². The lowest BCUT2D eigenvalue weighted by Gasteiger charge is -2.47. The first-order valence-electron chi connectivity index (χ1n) is 10.8. The average Bonchev–Trinajstić information content (AvgIpc) is 2.84. The molecule has 0 unspecified atom stereocenters. The predicted molar refractivity (Wildman–Crippen MR) is 124 cm³/mol. The molecule has 0 amide bonds. The molecule has 0 saturated carbocycles. The summed E-state index contributed by atoms with van der Waals surface area (Å²) in [5.41, 5.74) is 2.09. The van der Waals surface area contributed by atoms with Crippen LogP contribution in [-0.4, -0.2) is 15.6 Å². The molecule has 1 aliphatic rings. The second-order valence-corrected chi connectivity index (χ2v) is 8.09. The van der Waals surface area contributed by atoms with Crippen molar-refractivity contribution < 1.29 is 14.6 Å². The lowest BCUT2D eigenvalue weighted by atomic mass is 9.77. The Morgan fingerprint density at radius 1 is 0.848 bits per heavy atom. The van der Waals surface area contributed by atoms with Gasteiger partial charge in [0.2, 0.25) is 0 Å². The van der Waals surface area contributed by atoms with E-state index in [1.807, 2.05) is 37.3 Å². The number of carbonyl (C=O) groups excluding carboxylic acids is 1. The Kier molecular flexibility index (Phi) is 6.17. The van der Waals surface area contributed by atoms with Crippen LogP contribution in [0.25, 0.3) is 0 Å². The van der Waals surface area contributed by atoms with Crippen LogP contribution in [0.5, 0.6) is 0 Å². The topological polar surface area (TPSA) is 107 Å². The van der Waals surface area contributed by atoms with E-state index < -0.39 is 21.9 Å². The zero-order valence-electron chi connectivity index (χ0n) is 18.0. The van der Waals surface area contributed by atoms with Gasteiger partial charge in [0.25, 0.3) is 11.4 Å². The molecule has 0 aromatic heterocycles. The maximum absolute atomic E-state index is 13.3. The molecule has 0 spiro atoms. The van der Waals surface area contributed by atoms with Crippen LogP contribution in [0, 0.1) is 26.1 Å². The van der Waals surface area contributed by atoms with Crippen molar-refractivity contribution in [2.75, 3.05) is 4.90 Å². The zero-order chi connectivity index (χ0) is 23.5. The van der Waals surface area contributed by atoms with Crippen LogP contribution in [0.3, 0.4) is 0 Å². The Labute approximate surface area is 190 Å². The van der Waals surface area contributed by atoms with Crippen molar-refractivity contribution >= 4 is 22.8 Å². The minimum Gasteiger partial charge on any atom is -0.356 e. The largest absolute Gasteiger partial charge is 0.356 e. The van der Waals surface area contributed by atoms with Gasteiger partial charge in [0.15, 0.2) is 0 Å². The molecule has 1 aliphatic heterocycles. The smallest absolute Gasteiger partial charge is 0.269 e. The highest BCUT2D eigenvalue weighted by atomic mass is 16.6. The molecule has 0 aliphatic carbocycles. The van der Waals surface area contributed by atoms with Crippen molar-refractivity contribution in [1.29, 1.82) is 0 Å². The van der Waals surface area contributed by atoms with Crippen LogP contribution in [0.1, 0.15) is 43.0 Å².